The Morgan fingerprint density at radius 3 is 1.70 bits per heavy atom. The summed E-state index contributed by atoms with van der Waals surface area (Å²) in [6, 6.07) is 11.3. The number of benzene rings is 1. The second-order valence-electron chi connectivity index (χ2n) is 7.15. The summed E-state index contributed by atoms with van der Waals surface area (Å²) in [4.78, 5) is 0. The van der Waals surface area contributed by atoms with E-state index in [1.807, 2.05) is 0 Å². The highest BCUT2D eigenvalue weighted by molar-refractivity contribution is 6.61. The van der Waals surface area contributed by atoms with Gasteiger partial charge in [0, 0.05) is 0 Å². The van der Waals surface area contributed by atoms with E-state index in [9.17, 15) is 0 Å². The van der Waals surface area contributed by atoms with Crippen LogP contribution in [0.5, 0.6) is 0 Å². The second kappa shape index (κ2) is 7.34. The highest BCUT2D eigenvalue weighted by Gasteiger charge is 2.34. The molecular formula is C19H29B. The fourth-order valence-electron chi connectivity index (χ4n) is 4.73. The van der Waals surface area contributed by atoms with Gasteiger partial charge in [0.05, 0.1) is 0 Å². The van der Waals surface area contributed by atoms with Crippen molar-refractivity contribution in [2.24, 2.45) is 0 Å². The molecule has 20 heavy (non-hydrogen) atoms. The first kappa shape index (κ1) is 14.2. The van der Waals surface area contributed by atoms with Crippen LogP contribution in [0.3, 0.4) is 0 Å². The Labute approximate surface area is 125 Å². The van der Waals surface area contributed by atoms with Crippen molar-refractivity contribution in [1.29, 1.82) is 0 Å². The maximum absolute atomic E-state index is 2.35. The highest BCUT2D eigenvalue weighted by atomic mass is 14.2. The molecular weight excluding hydrogens is 239 g/mol. The first-order valence-corrected chi connectivity index (χ1v) is 8.97. The molecule has 0 aliphatic heterocycles. The lowest BCUT2D eigenvalue weighted by Crippen LogP contribution is -2.32. The summed E-state index contributed by atoms with van der Waals surface area (Å²) < 4.78 is 0. The van der Waals surface area contributed by atoms with Gasteiger partial charge in [-0.05, 0) is 6.32 Å². The Bertz CT molecular complexity index is 356. The third-order valence-corrected chi connectivity index (χ3v) is 5.82. The van der Waals surface area contributed by atoms with E-state index >= 15 is 0 Å². The molecule has 0 saturated heterocycles. The second-order valence-corrected chi connectivity index (χ2v) is 7.15. The van der Waals surface area contributed by atoms with Crippen molar-refractivity contribution in [3.8, 4) is 0 Å². The van der Waals surface area contributed by atoms with Crippen LogP contribution in [0.25, 0.3) is 0 Å². The SMILES string of the molecule is c1ccc(CB(C2CCCCC2)C2CCCCC2)cc1. The van der Waals surface area contributed by atoms with E-state index in [-0.39, 0.29) is 0 Å². The van der Waals surface area contributed by atoms with E-state index in [1.54, 1.807) is 5.56 Å². The summed E-state index contributed by atoms with van der Waals surface area (Å²) in [5.74, 6) is 2.04. The predicted octanol–water partition coefficient (Wildman–Crippen LogP) is 5.93. The minimum Gasteiger partial charge on any atom is -0.0622 e. The molecule has 2 aliphatic carbocycles. The van der Waals surface area contributed by atoms with Crippen LogP contribution in [-0.2, 0) is 6.32 Å². The Kier molecular flexibility index (Phi) is 5.22. The molecule has 1 aromatic carbocycles. The average molecular weight is 268 g/mol. The molecule has 2 aliphatic rings. The number of rotatable bonds is 4. The van der Waals surface area contributed by atoms with Gasteiger partial charge in [0.1, 0.15) is 0 Å². The Morgan fingerprint density at radius 1 is 0.700 bits per heavy atom. The summed E-state index contributed by atoms with van der Waals surface area (Å²) in [5.41, 5.74) is 1.58. The van der Waals surface area contributed by atoms with Crippen molar-refractivity contribution < 1.29 is 0 Å². The third-order valence-electron chi connectivity index (χ3n) is 5.82. The van der Waals surface area contributed by atoms with E-state index < -0.39 is 0 Å². The van der Waals surface area contributed by atoms with Gasteiger partial charge >= 0.3 is 0 Å². The molecule has 0 heterocycles. The van der Waals surface area contributed by atoms with Crippen LogP contribution in [0, 0.1) is 0 Å². The average Bonchev–Trinajstić information content (AvgIpc) is 2.55. The smallest absolute Gasteiger partial charge is 0.0622 e. The summed E-state index contributed by atoms with van der Waals surface area (Å²) in [7, 11) is 0. The summed E-state index contributed by atoms with van der Waals surface area (Å²) in [5, 5.41) is 0. The third kappa shape index (κ3) is 3.68. The zero-order valence-corrected chi connectivity index (χ0v) is 12.9. The summed E-state index contributed by atoms with van der Waals surface area (Å²) in [6.07, 6.45) is 16.3. The first-order chi connectivity index (χ1) is 9.93. The molecule has 0 unspecified atom stereocenters. The van der Waals surface area contributed by atoms with Crippen LogP contribution in [-0.4, -0.2) is 6.71 Å². The Hall–Kier alpha value is -0.715. The fraction of sp³-hybridized carbons (Fsp3) is 0.684. The van der Waals surface area contributed by atoms with Crippen molar-refractivity contribution in [2.45, 2.75) is 82.2 Å². The molecule has 0 radical (unpaired) electrons. The standard InChI is InChI=1S/C19H29B/c1-4-10-17(11-5-1)16-20(18-12-6-2-7-13-18)19-14-8-3-9-15-19/h1,4-5,10-11,18-19H,2-3,6-9,12-16H2. The van der Waals surface area contributed by atoms with Gasteiger partial charge in [-0.2, -0.15) is 0 Å². The van der Waals surface area contributed by atoms with Crippen LogP contribution in [0.4, 0.5) is 0 Å². The molecule has 0 nitrogen and oxygen atoms in total. The van der Waals surface area contributed by atoms with Crippen molar-refractivity contribution in [2.75, 3.05) is 0 Å². The normalized spacial score (nSPS) is 21.8. The molecule has 0 N–H and O–H groups in total. The van der Waals surface area contributed by atoms with Gasteiger partial charge < -0.3 is 0 Å². The van der Waals surface area contributed by atoms with Crippen molar-refractivity contribution >= 4 is 6.71 Å². The largest absolute Gasteiger partial charge is 0.150 e. The van der Waals surface area contributed by atoms with Crippen LogP contribution in [0.2, 0.25) is 11.6 Å². The molecule has 0 aromatic heterocycles. The van der Waals surface area contributed by atoms with Crippen molar-refractivity contribution in [3.05, 3.63) is 35.9 Å². The van der Waals surface area contributed by atoms with Gasteiger partial charge in [0.2, 0.25) is 0 Å². The maximum atomic E-state index is 2.35. The van der Waals surface area contributed by atoms with Gasteiger partial charge in [0.25, 0.3) is 0 Å². The Morgan fingerprint density at radius 2 is 1.20 bits per heavy atom. The lowest BCUT2D eigenvalue weighted by Gasteiger charge is -2.35. The monoisotopic (exact) mass is 268 g/mol. The van der Waals surface area contributed by atoms with Gasteiger partial charge in [-0.3, -0.25) is 0 Å². The van der Waals surface area contributed by atoms with E-state index in [0.29, 0.717) is 0 Å². The molecule has 1 aromatic rings. The van der Waals surface area contributed by atoms with E-state index in [0.717, 1.165) is 18.3 Å². The minimum absolute atomic E-state index is 0.970. The number of hydrogen-bond donors (Lipinski definition) is 0. The van der Waals surface area contributed by atoms with Crippen molar-refractivity contribution in [1.82, 2.24) is 0 Å². The topological polar surface area (TPSA) is 0 Å². The van der Waals surface area contributed by atoms with Crippen molar-refractivity contribution in [3.63, 3.8) is 0 Å². The summed E-state index contributed by atoms with van der Waals surface area (Å²) >= 11 is 0. The fourth-order valence-corrected chi connectivity index (χ4v) is 4.73. The zero-order valence-electron chi connectivity index (χ0n) is 12.9. The highest BCUT2D eigenvalue weighted by Crippen LogP contribution is 2.42. The van der Waals surface area contributed by atoms with Crippen LogP contribution >= 0.6 is 0 Å². The lowest BCUT2D eigenvalue weighted by atomic mass is 9.28. The number of hydrogen-bond acceptors (Lipinski definition) is 0. The molecule has 0 bridgehead atoms. The molecule has 2 saturated carbocycles. The molecule has 108 valence electrons. The van der Waals surface area contributed by atoms with Crippen LogP contribution in [0.15, 0.2) is 30.3 Å². The molecule has 0 spiro atoms. The minimum atomic E-state index is 0.970. The predicted molar refractivity (Wildman–Crippen MR) is 89.6 cm³/mol. The van der Waals surface area contributed by atoms with Crippen LogP contribution in [0.1, 0.15) is 69.8 Å². The van der Waals surface area contributed by atoms with Gasteiger partial charge in [-0.15, -0.1) is 0 Å². The van der Waals surface area contributed by atoms with E-state index in [4.69, 9.17) is 0 Å². The van der Waals surface area contributed by atoms with Gasteiger partial charge in [-0.1, -0.05) is 112 Å². The van der Waals surface area contributed by atoms with E-state index in [2.05, 4.69) is 30.3 Å². The maximum Gasteiger partial charge on any atom is 0.150 e. The first-order valence-electron chi connectivity index (χ1n) is 8.97. The van der Waals surface area contributed by atoms with E-state index in [1.165, 1.54) is 70.5 Å². The molecule has 0 atom stereocenters. The van der Waals surface area contributed by atoms with Gasteiger partial charge in [0.15, 0.2) is 6.71 Å². The molecule has 1 heteroatoms. The van der Waals surface area contributed by atoms with Crippen LogP contribution < -0.4 is 0 Å². The zero-order chi connectivity index (χ0) is 13.6. The quantitative estimate of drug-likeness (QED) is 0.593. The molecule has 2 fully saturated rings. The lowest BCUT2D eigenvalue weighted by molar-refractivity contribution is 0.460. The Balaban J connectivity index is 1.71. The van der Waals surface area contributed by atoms with Gasteiger partial charge in [-0.25, -0.2) is 0 Å². The molecule has 0 amide bonds. The molecule has 3 rings (SSSR count). The summed E-state index contributed by atoms with van der Waals surface area (Å²) in [6.45, 7) is 0.970.